The SMILES string of the molecule is O=C(NC(CC(F)(F)F)C(=O)O)c1ccc(C2SCCCS2)cc1. The molecule has 1 unspecified atom stereocenters. The first-order chi connectivity index (χ1) is 11.3. The Morgan fingerprint density at radius 1 is 1.21 bits per heavy atom. The number of carboxylic acid groups (broad SMARTS) is 1. The van der Waals surface area contributed by atoms with Crippen LogP contribution in [-0.2, 0) is 4.79 Å². The standard InChI is InChI=1S/C15H16F3NO3S2/c16-15(17,18)8-11(13(21)22)19-12(20)9-2-4-10(5-3-9)14-23-6-1-7-24-14/h2-5,11,14H,1,6-8H2,(H,19,20)(H,21,22). The number of benzene rings is 1. The zero-order chi connectivity index (χ0) is 17.7. The van der Waals surface area contributed by atoms with Crippen LogP contribution in [0.3, 0.4) is 0 Å². The molecule has 0 aromatic heterocycles. The zero-order valence-electron chi connectivity index (χ0n) is 12.5. The summed E-state index contributed by atoms with van der Waals surface area (Å²) in [6, 6.07) is 4.52. The minimum absolute atomic E-state index is 0.137. The Labute approximate surface area is 145 Å². The first kappa shape index (κ1) is 19.0. The smallest absolute Gasteiger partial charge is 0.391 e. The molecule has 1 amide bonds. The Bertz CT molecular complexity index is 587. The Morgan fingerprint density at radius 3 is 2.29 bits per heavy atom. The number of nitrogens with one attached hydrogen (secondary N) is 1. The van der Waals surface area contributed by atoms with Crippen molar-refractivity contribution < 1.29 is 27.9 Å². The molecule has 1 aliphatic rings. The summed E-state index contributed by atoms with van der Waals surface area (Å²) >= 11 is 3.62. The Hall–Kier alpha value is -1.35. The van der Waals surface area contributed by atoms with Crippen LogP contribution in [0.25, 0.3) is 0 Å². The molecule has 0 aliphatic carbocycles. The number of amides is 1. The lowest BCUT2D eigenvalue weighted by Crippen LogP contribution is -2.43. The number of carbonyl (C=O) groups is 2. The van der Waals surface area contributed by atoms with E-state index in [0.29, 0.717) is 0 Å². The highest BCUT2D eigenvalue weighted by Gasteiger charge is 2.36. The fraction of sp³-hybridized carbons (Fsp3) is 0.467. The van der Waals surface area contributed by atoms with Crippen LogP contribution in [0, 0.1) is 0 Å². The molecule has 0 spiro atoms. The predicted octanol–water partition coefficient (Wildman–Crippen LogP) is 3.69. The summed E-state index contributed by atoms with van der Waals surface area (Å²) in [4.78, 5) is 22.9. The van der Waals surface area contributed by atoms with Crippen molar-refractivity contribution >= 4 is 35.4 Å². The molecule has 1 saturated heterocycles. The normalized spacial score (nSPS) is 17.3. The lowest BCUT2D eigenvalue weighted by molar-refractivity contribution is -0.157. The third-order valence-electron chi connectivity index (χ3n) is 3.31. The number of halogens is 3. The molecule has 1 fully saturated rings. The number of hydrogen-bond acceptors (Lipinski definition) is 4. The third kappa shape index (κ3) is 5.62. The Kier molecular flexibility index (Phi) is 6.45. The molecule has 24 heavy (non-hydrogen) atoms. The van der Waals surface area contributed by atoms with E-state index in [4.69, 9.17) is 5.11 Å². The quantitative estimate of drug-likeness (QED) is 0.817. The molecule has 9 heteroatoms. The van der Waals surface area contributed by atoms with Crippen LogP contribution < -0.4 is 5.32 Å². The van der Waals surface area contributed by atoms with E-state index in [1.54, 1.807) is 12.1 Å². The Balaban J connectivity index is 2.01. The maximum atomic E-state index is 12.4. The van der Waals surface area contributed by atoms with Gasteiger partial charge in [-0.2, -0.15) is 13.2 Å². The van der Waals surface area contributed by atoms with Crippen LogP contribution in [0.4, 0.5) is 13.2 Å². The van der Waals surface area contributed by atoms with Crippen LogP contribution in [-0.4, -0.2) is 40.7 Å². The first-order valence-electron chi connectivity index (χ1n) is 7.20. The minimum atomic E-state index is -4.67. The van der Waals surface area contributed by atoms with E-state index in [1.807, 2.05) is 28.8 Å². The number of thioether (sulfide) groups is 2. The molecule has 0 bridgehead atoms. The molecule has 0 radical (unpaired) electrons. The topological polar surface area (TPSA) is 66.4 Å². The fourth-order valence-electron chi connectivity index (χ4n) is 2.14. The summed E-state index contributed by atoms with van der Waals surface area (Å²) in [5.74, 6) is -0.413. The number of carboxylic acids is 1. The number of aliphatic carboxylic acids is 1. The summed E-state index contributed by atoms with van der Waals surface area (Å²) in [6.45, 7) is 0. The monoisotopic (exact) mass is 379 g/mol. The highest BCUT2D eigenvalue weighted by Crippen LogP contribution is 2.43. The zero-order valence-corrected chi connectivity index (χ0v) is 14.1. The maximum absolute atomic E-state index is 12.4. The van der Waals surface area contributed by atoms with Gasteiger partial charge < -0.3 is 10.4 Å². The number of hydrogen-bond donors (Lipinski definition) is 2. The van der Waals surface area contributed by atoms with E-state index in [9.17, 15) is 22.8 Å². The van der Waals surface area contributed by atoms with Gasteiger partial charge in [-0.05, 0) is 35.6 Å². The van der Waals surface area contributed by atoms with E-state index >= 15 is 0 Å². The van der Waals surface area contributed by atoms with Gasteiger partial charge in [0.05, 0.1) is 11.0 Å². The molecule has 1 aliphatic heterocycles. The average Bonchev–Trinajstić information content (AvgIpc) is 2.54. The summed E-state index contributed by atoms with van der Waals surface area (Å²) in [6.07, 6.45) is -5.13. The van der Waals surface area contributed by atoms with Crippen LogP contribution in [0.15, 0.2) is 24.3 Å². The van der Waals surface area contributed by atoms with Gasteiger partial charge in [-0.25, -0.2) is 4.79 Å². The average molecular weight is 379 g/mol. The first-order valence-corrected chi connectivity index (χ1v) is 9.29. The van der Waals surface area contributed by atoms with E-state index in [2.05, 4.69) is 0 Å². The number of carbonyl (C=O) groups excluding carboxylic acids is 1. The maximum Gasteiger partial charge on any atom is 0.391 e. The second-order valence-electron chi connectivity index (χ2n) is 5.23. The van der Waals surface area contributed by atoms with Crippen molar-refractivity contribution in [3.8, 4) is 0 Å². The van der Waals surface area contributed by atoms with E-state index < -0.39 is 30.5 Å². The van der Waals surface area contributed by atoms with Gasteiger partial charge in [0.1, 0.15) is 6.04 Å². The van der Waals surface area contributed by atoms with Gasteiger partial charge in [-0.3, -0.25) is 4.79 Å². The minimum Gasteiger partial charge on any atom is -0.480 e. The largest absolute Gasteiger partial charge is 0.480 e. The number of rotatable bonds is 5. The molecule has 4 nitrogen and oxygen atoms in total. The lowest BCUT2D eigenvalue weighted by atomic mass is 10.1. The van der Waals surface area contributed by atoms with Gasteiger partial charge in [-0.1, -0.05) is 12.1 Å². The second kappa shape index (κ2) is 8.15. The van der Waals surface area contributed by atoms with Gasteiger partial charge in [0.2, 0.25) is 0 Å². The van der Waals surface area contributed by atoms with Gasteiger partial charge in [0.15, 0.2) is 0 Å². The molecule has 1 aromatic rings. The fourth-order valence-corrected chi connectivity index (χ4v) is 5.04. The van der Waals surface area contributed by atoms with E-state index in [0.717, 1.165) is 23.5 Å². The number of alkyl halides is 3. The molecule has 1 atom stereocenters. The molecule has 132 valence electrons. The molecule has 1 aromatic carbocycles. The molecule has 0 saturated carbocycles. The van der Waals surface area contributed by atoms with Crippen LogP contribution in [0.2, 0.25) is 0 Å². The third-order valence-corrected chi connectivity index (χ3v) is 6.33. The van der Waals surface area contributed by atoms with Crippen molar-refractivity contribution in [2.75, 3.05) is 11.5 Å². The second-order valence-corrected chi connectivity index (χ2v) is 7.96. The van der Waals surface area contributed by atoms with Crippen molar-refractivity contribution in [2.24, 2.45) is 0 Å². The summed E-state index contributed by atoms with van der Waals surface area (Å²) in [5, 5.41) is 10.7. The van der Waals surface area contributed by atoms with Crippen molar-refractivity contribution in [2.45, 2.75) is 29.6 Å². The highest BCUT2D eigenvalue weighted by atomic mass is 32.2. The van der Waals surface area contributed by atoms with E-state index in [-0.39, 0.29) is 10.1 Å². The van der Waals surface area contributed by atoms with Crippen molar-refractivity contribution in [3.63, 3.8) is 0 Å². The predicted molar refractivity (Wildman–Crippen MR) is 88.3 cm³/mol. The van der Waals surface area contributed by atoms with Gasteiger partial charge >= 0.3 is 12.1 Å². The van der Waals surface area contributed by atoms with Gasteiger partial charge in [0, 0.05) is 5.56 Å². The van der Waals surface area contributed by atoms with Crippen molar-refractivity contribution in [1.82, 2.24) is 5.32 Å². The molecule has 1 heterocycles. The van der Waals surface area contributed by atoms with Gasteiger partial charge in [-0.15, -0.1) is 23.5 Å². The van der Waals surface area contributed by atoms with Crippen LogP contribution in [0.5, 0.6) is 0 Å². The molecule has 2 rings (SSSR count). The van der Waals surface area contributed by atoms with E-state index in [1.165, 1.54) is 12.1 Å². The van der Waals surface area contributed by atoms with Crippen LogP contribution in [0.1, 0.15) is 33.3 Å². The van der Waals surface area contributed by atoms with Gasteiger partial charge in [0.25, 0.3) is 5.91 Å². The van der Waals surface area contributed by atoms with Crippen LogP contribution >= 0.6 is 23.5 Å². The van der Waals surface area contributed by atoms with Crippen molar-refractivity contribution in [3.05, 3.63) is 35.4 Å². The summed E-state index contributed by atoms with van der Waals surface area (Å²) in [5.41, 5.74) is 1.17. The Morgan fingerprint density at radius 2 is 1.79 bits per heavy atom. The summed E-state index contributed by atoms with van der Waals surface area (Å²) < 4.78 is 37.4. The van der Waals surface area contributed by atoms with Crippen molar-refractivity contribution in [1.29, 1.82) is 0 Å². The molecule has 2 N–H and O–H groups in total. The highest BCUT2D eigenvalue weighted by molar-refractivity contribution is 8.16. The molecular formula is C15H16F3NO3S2. The molecular weight excluding hydrogens is 363 g/mol. The summed E-state index contributed by atoms with van der Waals surface area (Å²) in [7, 11) is 0. The lowest BCUT2D eigenvalue weighted by Gasteiger charge is -2.21.